The second kappa shape index (κ2) is 6.86. The summed E-state index contributed by atoms with van der Waals surface area (Å²) in [4.78, 5) is 24.2. The topological polar surface area (TPSA) is 96.3 Å². The van der Waals surface area contributed by atoms with Gasteiger partial charge in [0.1, 0.15) is 16.2 Å². The summed E-state index contributed by atoms with van der Waals surface area (Å²) in [6.07, 6.45) is -0.463. The average Bonchev–Trinajstić information content (AvgIpc) is 2.53. The number of piperazine rings is 1. The highest BCUT2D eigenvalue weighted by Crippen LogP contribution is 2.27. The predicted octanol–water partition coefficient (Wildman–Crippen LogP) is 2.33. The molecule has 1 heterocycles. The van der Waals surface area contributed by atoms with Crippen LogP contribution >= 0.6 is 0 Å². The molecule has 1 fully saturated rings. The molecule has 0 spiro atoms. The molecule has 1 aliphatic heterocycles. The average molecular weight is 355 g/mol. The first-order chi connectivity index (χ1) is 11.1. The lowest BCUT2D eigenvalue weighted by Gasteiger charge is -2.35. The van der Waals surface area contributed by atoms with Crippen LogP contribution in [0.3, 0.4) is 0 Å². The van der Waals surface area contributed by atoms with Crippen molar-refractivity contribution in [2.45, 2.75) is 31.3 Å². The Morgan fingerprint density at radius 1 is 1.12 bits per heavy atom. The second-order valence-electron chi connectivity index (χ2n) is 6.43. The fourth-order valence-electron chi connectivity index (χ4n) is 2.33. The zero-order valence-electron chi connectivity index (χ0n) is 13.9. The summed E-state index contributed by atoms with van der Waals surface area (Å²) in [6.45, 7) is 6.04. The van der Waals surface area contributed by atoms with E-state index in [0.717, 1.165) is 0 Å². The van der Waals surface area contributed by atoms with Gasteiger partial charge in [-0.15, -0.1) is 4.91 Å². The Balaban J connectivity index is 2.09. The molecular formula is C15H21N3O5S. The number of amides is 1. The summed E-state index contributed by atoms with van der Waals surface area (Å²) in [5.41, 5.74) is -0.721. The lowest BCUT2D eigenvalue weighted by molar-refractivity contribution is 0.0192. The third kappa shape index (κ3) is 4.09. The quantitative estimate of drug-likeness (QED) is 0.775. The van der Waals surface area contributed by atoms with Crippen molar-refractivity contribution in [1.29, 1.82) is 0 Å². The molecule has 2 rings (SSSR count). The first-order valence-electron chi connectivity index (χ1n) is 7.55. The van der Waals surface area contributed by atoms with Crippen LogP contribution in [0.25, 0.3) is 0 Å². The van der Waals surface area contributed by atoms with E-state index in [1.807, 2.05) is 0 Å². The first-order valence-corrected chi connectivity index (χ1v) is 8.99. The fraction of sp³-hybridized carbons (Fsp3) is 0.533. The molecule has 0 bridgehead atoms. The molecule has 1 aromatic carbocycles. The van der Waals surface area contributed by atoms with Gasteiger partial charge in [0.25, 0.3) is 0 Å². The molecule has 1 aliphatic rings. The van der Waals surface area contributed by atoms with E-state index in [0.29, 0.717) is 0 Å². The number of nitrogens with zero attached hydrogens (tertiary/aromatic N) is 3. The lowest BCUT2D eigenvalue weighted by atomic mass is 10.2. The predicted molar refractivity (Wildman–Crippen MR) is 88.5 cm³/mol. The van der Waals surface area contributed by atoms with Gasteiger partial charge in [-0.2, -0.15) is 4.31 Å². The number of rotatable bonds is 3. The molecule has 0 N–H and O–H groups in total. The number of hydrogen-bond acceptors (Lipinski definition) is 6. The van der Waals surface area contributed by atoms with Crippen molar-refractivity contribution >= 4 is 21.8 Å². The highest BCUT2D eigenvalue weighted by Gasteiger charge is 2.33. The molecule has 1 amide bonds. The van der Waals surface area contributed by atoms with Gasteiger partial charge in [-0.3, -0.25) is 0 Å². The number of benzene rings is 1. The number of sulfonamides is 1. The van der Waals surface area contributed by atoms with E-state index in [1.165, 1.54) is 21.3 Å². The second-order valence-corrected chi connectivity index (χ2v) is 8.34. The summed E-state index contributed by atoms with van der Waals surface area (Å²) in [7, 11) is -3.83. The maximum absolute atomic E-state index is 12.7. The monoisotopic (exact) mass is 355 g/mol. The molecule has 1 saturated heterocycles. The summed E-state index contributed by atoms with van der Waals surface area (Å²) >= 11 is 0. The van der Waals surface area contributed by atoms with Gasteiger partial charge in [-0.1, -0.05) is 12.1 Å². The highest BCUT2D eigenvalue weighted by molar-refractivity contribution is 7.89. The Hall–Kier alpha value is -2.00. The first kappa shape index (κ1) is 18.3. The van der Waals surface area contributed by atoms with Crippen LogP contribution in [-0.4, -0.2) is 55.5 Å². The van der Waals surface area contributed by atoms with Gasteiger partial charge in [0.15, 0.2) is 0 Å². The third-order valence-electron chi connectivity index (χ3n) is 3.47. The Morgan fingerprint density at radius 3 is 2.25 bits per heavy atom. The molecule has 0 atom stereocenters. The zero-order valence-corrected chi connectivity index (χ0v) is 14.7. The number of carbonyl (C=O) groups excluding carboxylic acids is 1. The van der Waals surface area contributed by atoms with E-state index >= 15 is 0 Å². The van der Waals surface area contributed by atoms with Crippen molar-refractivity contribution in [3.8, 4) is 0 Å². The van der Waals surface area contributed by atoms with Gasteiger partial charge in [0, 0.05) is 26.2 Å². The van der Waals surface area contributed by atoms with Crippen molar-refractivity contribution in [2.24, 2.45) is 5.18 Å². The van der Waals surface area contributed by atoms with Crippen LogP contribution in [0.5, 0.6) is 0 Å². The molecule has 0 aromatic heterocycles. The molecule has 24 heavy (non-hydrogen) atoms. The van der Waals surface area contributed by atoms with E-state index < -0.39 is 21.7 Å². The van der Waals surface area contributed by atoms with Crippen LogP contribution in [0.1, 0.15) is 20.8 Å². The summed E-state index contributed by atoms with van der Waals surface area (Å²) in [6, 6.07) is 5.80. The van der Waals surface area contributed by atoms with Gasteiger partial charge in [0.2, 0.25) is 10.0 Å². The van der Waals surface area contributed by atoms with Crippen LogP contribution in [0.2, 0.25) is 0 Å². The number of hydrogen-bond donors (Lipinski definition) is 0. The maximum atomic E-state index is 12.7. The van der Waals surface area contributed by atoms with Gasteiger partial charge in [-0.05, 0) is 38.1 Å². The molecule has 0 radical (unpaired) electrons. The minimum absolute atomic E-state index is 0.118. The standard InChI is InChI=1S/C15H21N3O5S/c1-15(2,3)23-14(19)17-8-10-18(11-9-17)24(21,22)13-7-5-4-6-12(13)16-20/h4-7H,8-11H2,1-3H3. The van der Waals surface area contributed by atoms with Crippen molar-refractivity contribution in [2.75, 3.05) is 26.2 Å². The van der Waals surface area contributed by atoms with Gasteiger partial charge >= 0.3 is 6.09 Å². The van der Waals surface area contributed by atoms with E-state index in [9.17, 15) is 18.1 Å². The summed E-state index contributed by atoms with van der Waals surface area (Å²) < 4.78 is 31.9. The van der Waals surface area contributed by atoms with Crippen molar-refractivity contribution < 1.29 is 17.9 Å². The minimum atomic E-state index is -3.83. The molecule has 9 heteroatoms. The Bertz CT molecular complexity index is 719. The van der Waals surface area contributed by atoms with E-state index in [-0.39, 0.29) is 36.8 Å². The van der Waals surface area contributed by atoms with Crippen LogP contribution in [0.4, 0.5) is 10.5 Å². The Morgan fingerprint density at radius 2 is 1.71 bits per heavy atom. The number of carbonyl (C=O) groups is 1. The maximum Gasteiger partial charge on any atom is 0.410 e. The highest BCUT2D eigenvalue weighted by atomic mass is 32.2. The molecular weight excluding hydrogens is 334 g/mol. The van der Waals surface area contributed by atoms with Crippen molar-refractivity contribution in [3.63, 3.8) is 0 Å². The normalized spacial score (nSPS) is 16.7. The number of ether oxygens (including phenoxy) is 1. The van der Waals surface area contributed by atoms with E-state index in [4.69, 9.17) is 4.74 Å². The van der Waals surface area contributed by atoms with Crippen molar-refractivity contribution in [3.05, 3.63) is 29.2 Å². The molecule has 8 nitrogen and oxygen atoms in total. The number of nitroso groups, excluding NO2 is 1. The van der Waals surface area contributed by atoms with Crippen LogP contribution in [-0.2, 0) is 14.8 Å². The molecule has 0 saturated carbocycles. The molecule has 0 aliphatic carbocycles. The van der Waals surface area contributed by atoms with Crippen LogP contribution in [0.15, 0.2) is 34.3 Å². The Labute approximate surface area is 141 Å². The third-order valence-corrected chi connectivity index (χ3v) is 5.42. The molecule has 132 valence electrons. The van der Waals surface area contributed by atoms with Gasteiger partial charge in [0.05, 0.1) is 0 Å². The minimum Gasteiger partial charge on any atom is -0.444 e. The molecule has 1 aromatic rings. The summed E-state index contributed by atoms with van der Waals surface area (Å²) in [5.74, 6) is 0. The molecule has 0 unspecified atom stereocenters. The van der Waals surface area contributed by atoms with E-state index in [2.05, 4.69) is 5.18 Å². The largest absolute Gasteiger partial charge is 0.444 e. The van der Waals surface area contributed by atoms with Crippen molar-refractivity contribution in [1.82, 2.24) is 9.21 Å². The Kier molecular flexibility index (Phi) is 5.24. The smallest absolute Gasteiger partial charge is 0.410 e. The van der Waals surface area contributed by atoms with E-state index in [1.54, 1.807) is 32.9 Å². The zero-order chi connectivity index (χ0) is 18.0. The van der Waals surface area contributed by atoms with Crippen LogP contribution < -0.4 is 0 Å². The lowest BCUT2D eigenvalue weighted by Crippen LogP contribution is -2.51. The van der Waals surface area contributed by atoms with Gasteiger partial charge < -0.3 is 9.64 Å². The summed E-state index contributed by atoms with van der Waals surface area (Å²) in [5, 5.41) is 2.77. The van der Waals surface area contributed by atoms with Gasteiger partial charge in [-0.25, -0.2) is 13.2 Å². The SMILES string of the molecule is CC(C)(C)OC(=O)N1CCN(S(=O)(=O)c2ccccc2N=O)CC1. The van der Waals surface area contributed by atoms with Crippen LogP contribution in [0, 0.1) is 4.91 Å². The fourth-order valence-corrected chi connectivity index (χ4v) is 3.87.